The van der Waals surface area contributed by atoms with Crippen LogP contribution in [0.1, 0.15) is 25.3 Å². The SMILES string of the molecule is CC(CNC(=O)C(N)Cc1c[nH]c2ccccc12)C1CC1. The number of carbonyl (C=O) groups excluding carboxylic acids is 1. The van der Waals surface area contributed by atoms with Crippen molar-refractivity contribution >= 4 is 16.8 Å². The van der Waals surface area contributed by atoms with Crippen LogP contribution in [0.15, 0.2) is 30.5 Å². The smallest absolute Gasteiger partial charge is 0.237 e. The molecule has 1 amide bonds. The molecule has 0 aliphatic heterocycles. The standard InChI is InChI=1S/C17H23N3O/c1-11(12-6-7-12)9-20-17(21)15(18)8-13-10-19-16-5-3-2-4-14(13)16/h2-5,10-12,15,19H,6-9,18H2,1H3,(H,20,21). The first-order valence-electron chi connectivity index (χ1n) is 7.73. The average Bonchev–Trinajstić information content (AvgIpc) is 3.27. The highest BCUT2D eigenvalue weighted by molar-refractivity contribution is 5.86. The van der Waals surface area contributed by atoms with E-state index in [1.165, 1.54) is 12.8 Å². The number of amides is 1. The van der Waals surface area contributed by atoms with Gasteiger partial charge in [0.25, 0.3) is 0 Å². The van der Waals surface area contributed by atoms with Gasteiger partial charge in [-0.05, 0) is 42.7 Å². The third-order valence-electron chi connectivity index (χ3n) is 4.48. The highest BCUT2D eigenvalue weighted by atomic mass is 16.2. The van der Waals surface area contributed by atoms with Gasteiger partial charge in [0, 0.05) is 23.6 Å². The lowest BCUT2D eigenvalue weighted by molar-refractivity contribution is -0.122. The van der Waals surface area contributed by atoms with Crippen molar-refractivity contribution in [3.8, 4) is 0 Å². The number of nitrogens with one attached hydrogen (secondary N) is 2. The summed E-state index contributed by atoms with van der Waals surface area (Å²) in [4.78, 5) is 15.3. The largest absolute Gasteiger partial charge is 0.361 e. The number of aromatic nitrogens is 1. The monoisotopic (exact) mass is 285 g/mol. The number of H-pyrrole nitrogens is 1. The van der Waals surface area contributed by atoms with Gasteiger partial charge in [0.05, 0.1) is 6.04 Å². The van der Waals surface area contributed by atoms with E-state index in [0.29, 0.717) is 12.3 Å². The lowest BCUT2D eigenvalue weighted by Crippen LogP contribution is -2.43. The molecule has 112 valence electrons. The molecule has 2 unspecified atom stereocenters. The van der Waals surface area contributed by atoms with Gasteiger partial charge in [0.15, 0.2) is 0 Å². The second kappa shape index (κ2) is 5.90. The van der Waals surface area contributed by atoms with E-state index in [2.05, 4.69) is 23.3 Å². The molecule has 1 aromatic heterocycles. The first-order chi connectivity index (χ1) is 10.1. The summed E-state index contributed by atoms with van der Waals surface area (Å²) >= 11 is 0. The Morgan fingerprint density at radius 1 is 1.43 bits per heavy atom. The Bertz CT molecular complexity index is 630. The maximum Gasteiger partial charge on any atom is 0.237 e. The van der Waals surface area contributed by atoms with Gasteiger partial charge in [-0.25, -0.2) is 0 Å². The maximum atomic E-state index is 12.1. The predicted octanol–water partition coefficient (Wildman–Crippen LogP) is 2.20. The van der Waals surface area contributed by atoms with Gasteiger partial charge in [-0.15, -0.1) is 0 Å². The minimum Gasteiger partial charge on any atom is -0.361 e. The van der Waals surface area contributed by atoms with Crippen LogP contribution in [0.25, 0.3) is 10.9 Å². The third-order valence-corrected chi connectivity index (χ3v) is 4.48. The van der Waals surface area contributed by atoms with Crippen molar-refractivity contribution in [1.29, 1.82) is 0 Å². The first-order valence-corrected chi connectivity index (χ1v) is 7.73. The molecule has 0 spiro atoms. The van der Waals surface area contributed by atoms with Crippen molar-refractivity contribution in [3.63, 3.8) is 0 Å². The Morgan fingerprint density at radius 2 is 2.19 bits per heavy atom. The topological polar surface area (TPSA) is 70.9 Å². The molecule has 1 aliphatic carbocycles. The maximum absolute atomic E-state index is 12.1. The van der Waals surface area contributed by atoms with E-state index in [0.717, 1.165) is 28.9 Å². The van der Waals surface area contributed by atoms with Gasteiger partial charge in [-0.2, -0.15) is 0 Å². The zero-order chi connectivity index (χ0) is 14.8. The molecular weight excluding hydrogens is 262 g/mol. The normalized spacial score (nSPS) is 17.6. The van der Waals surface area contributed by atoms with E-state index in [9.17, 15) is 4.79 Å². The fourth-order valence-electron chi connectivity index (χ4n) is 2.85. The van der Waals surface area contributed by atoms with E-state index in [4.69, 9.17) is 5.73 Å². The van der Waals surface area contributed by atoms with Gasteiger partial charge in [0.2, 0.25) is 5.91 Å². The van der Waals surface area contributed by atoms with E-state index >= 15 is 0 Å². The highest BCUT2D eigenvalue weighted by Crippen LogP contribution is 2.36. The number of fused-ring (bicyclic) bond motifs is 1. The van der Waals surface area contributed by atoms with E-state index in [-0.39, 0.29) is 5.91 Å². The summed E-state index contributed by atoms with van der Waals surface area (Å²) in [6, 6.07) is 7.59. The second-order valence-corrected chi connectivity index (χ2v) is 6.23. The zero-order valence-corrected chi connectivity index (χ0v) is 12.4. The molecule has 1 aromatic carbocycles. The molecule has 4 nitrogen and oxygen atoms in total. The summed E-state index contributed by atoms with van der Waals surface area (Å²) in [7, 11) is 0. The van der Waals surface area contributed by atoms with Crippen LogP contribution in [0.4, 0.5) is 0 Å². The van der Waals surface area contributed by atoms with Gasteiger partial charge >= 0.3 is 0 Å². The number of benzene rings is 1. The zero-order valence-electron chi connectivity index (χ0n) is 12.4. The number of carbonyl (C=O) groups is 1. The van der Waals surface area contributed by atoms with Gasteiger partial charge in [-0.3, -0.25) is 4.79 Å². The van der Waals surface area contributed by atoms with E-state index < -0.39 is 6.04 Å². The molecule has 0 saturated heterocycles. The fourth-order valence-corrected chi connectivity index (χ4v) is 2.85. The predicted molar refractivity (Wildman–Crippen MR) is 84.9 cm³/mol. The van der Waals surface area contributed by atoms with Gasteiger partial charge in [0.1, 0.15) is 0 Å². The molecule has 0 radical (unpaired) electrons. The molecule has 3 rings (SSSR count). The summed E-state index contributed by atoms with van der Waals surface area (Å²) in [6.07, 6.45) is 5.12. The number of aromatic amines is 1. The van der Waals surface area contributed by atoms with Crippen LogP contribution in [0, 0.1) is 11.8 Å². The number of rotatable bonds is 6. The molecular formula is C17H23N3O. The van der Waals surface area contributed by atoms with Gasteiger partial charge in [-0.1, -0.05) is 25.1 Å². The molecule has 4 heteroatoms. The van der Waals surface area contributed by atoms with Crippen LogP contribution < -0.4 is 11.1 Å². The quantitative estimate of drug-likeness (QED) is 0.761. The second-order valence-electron chi connectivity index (χ2n) is 6.23. The Kier molecular flexibility index (Phi) is 3.97. The summed E-state index contributed by atoms with van der Waals surface area (Å²) in [5, 5.41) is 4.14. The summed E-state index contributed by atoms with van der Waals surface area (Å²) in [5.74, 6) is 1.32. The van der Waals surface area contributed by atoms with Crippen LogP contribution in [0.2, 0.25) is 0 Å². The van der Waals surface area contributed by atoms with Crippen molar-refractivity contribution in [1.82, 2.24) is 10.3 Å². The number of hydrogen-bond donors (Lipinski definition) is 3. The number of nitrogens with two attached hydrogens (primary N) is 1. The van der Waals surface area contributed by atoms with Gasteiger partial charge < -0.3 is 16.0 Å². The van der Waals surface area contributed by atoms with Crippen LogP contribution >= 0.6 is 0 Å². The lowest BCUT2D eigenvalue weighted by atomic mass is 10.0. The van der Waals surface area contributed by atoms with Crippen molar-refractivity contribution in [3.05, 3.63) is 36.0 Å². The average molecular weight is 285 g/mol. The lowest BCUT2D eigenvalue weighted by Gasteiger charge is -2.15. The Balaban J connectivity index is 1.57. The van der Waals surface area contributed by atoms with E-state index in [1.54, 1.807) is 0 Å². The minimum atomic E-state index is -0.490. The van der Waals surface area contributed by atoms with Crippen LogP contribution in [0.3, 0.4) is 0 Å². The Hall–Kier alpha value is -1.81. The molecule has 21 heavy (non-hydrogen) atoms. The van der Waals surface area contributed by atoms with Crippen molar-refractivity contribution in [2.45, 2.75) is 32.2 Å². The van der Waals surface area contributed by atoms with Crippen molar-refractivity contribution in [2.75, 3.05) is 6.54 Å². The summed E-state index contributed by atoms with van der Waals surface area (Å²) in [6.45, 7) is 2.94. The molecule has 2 aromatic rings. The summed E-state index contributed by atoms with van der Waals surface area (Å²) in [5.41, 5.74) is 8.24. The number of hydrogen-bond acceptors (Lipinski definition) is 2. The molecule has 0 bridgehead atoms. The van der Waals surface area contributed by atoms with Crippen LogP contribution in [-0.4, -0.2) is 23.5 Å². The molecule has 1 heterocycles. The first kappa shape index (κ1) is 14.1. The van der Waals surface area contributed by atoms with Crippen LogP contribution in [0.5, 0.6) is 0 Å². The molecule has 1 fully saturated rings. The van der Waals surface area contributed by atoms with E-state index in [1.807, 2.05) is 24.4 Å². The fraction of sp³-hybridized carbons (Fsp3) is 0.471. The Labute approximate surface area is 125 Å². The highest BCUT2D eigenvalue weighted by Gasteiger charge is 2.28. The molecule has 1 saturated carbocycles. The number of para-hydroxylation sites is 1. The van der Waals surface area contributed by atoms with Crippen molar-refractivity contribution < 1.29 is 4.79 Å². The molecule has 1 aliphatic rings. The molecule has 4 N–H and O–H groups in total. The third kappa shape index (κ3) is 3.27. The molecule has 2 atom stereocenters. The summed E-state index contributed by atoms with van der Waals surface area (Å²) < 4.78 is 0. The van der Waals surface area contributed by atoms with Crippen molar-refractivity contribution in [2.24, 2.45) is 17.6 Å². The minimum absolute atomic E-state index is 0.0484. The Morgan fingerprint density at radius 3 is 2.95 bits per heavy atom. The van der Waals surface area contributed by atoms with Crippen LogP contribution in [-0.2, 0) is 11.2 Å².